The number of carbonyl (C=O) groups excluding carboxylic acids is 1. The number of unbranched alkanes of at least 4 members (excludes halogenated alkanes) is 23. The first-order valence-electron chi connectivity index (χ1n) is 25.8. The molecule has 366 valence electrons. The summed E-state index contributed by atoms with van der Waals surface area (Å²) < 4.78 is 23.6. The van der Waals surface area contributed by atoms with E-state index in [9.17, 15) is 19.4 Å². The molecular formula is C54H100N2O6P+. The highest BCUT2D eigenvalue weighted by atomic mass is 31.2. The van der Waals surface area contributed by atoms with Crippen molar-refractivity contribution in [3.05, 3.63) is 72.9 Å². The smallest absolute Gasteiger partial charge is 0.387 e. The number of phosphoric ester groups is 1. The second-order valence-electron chi connectivity index (χ2n) is 18.5. The highest BCUT2D eigenvalue weighted by molar-refractivity contribution is 7.47. The molecule has 0 aliphatic heterocycles. The SMILES string of the molecule is CC/C=C\C/C=C\C/C=C\C/C=C\C/C=C\CCCCCCCCCCCC(=O)NC(COP(=O)(O)OCC[N+](C)(C)C)C(O)/C=C/CCCCCCCCCCCCCCCC. The number of nitrogens with one attached hydrogen (secondary N) is 1. The van der Waals surface area contributed by atoms with Crippen molar-refractivity contribution in [3.63, 3.8) is 0 Å². The molecule has 0 aromatic rings. The lowest BCUT2D eigenvalue weighted by Crippen LogP contribution is -2.45. The van der Waals surface area contributed by atoms with E-state index in [1.54, 1.807) is 6.08 Å². The number of hydrogen-bond donors (Lipinski definition) is 3. The fourth-order valence-corrected chi connectivity index (χ4v) is 7.86. The minimum atomic E-state index is -4.35. The van der Waals surface area contributed by atoms with Gasteiger partial charge in [0.1, 0.15) is 13.2 Å². The number of rotatable bonds is 46. The minimum Gasteiger partial charge on any atom is -0.387 e. The van der Waals surface area contributed by atoms with Gasteiger partial charge in [-0.05, 0) is 64.2 Å². The number of carbonyl (C=O) groups is 1. The first-order chi connectivity index (χ1) is 30.5. The monoisotopic (exact) mass is 904 g/mol. The normalized spacial score (nSPS) is 14.7. The molecule has 0 heterocycles. The van der Waals surface area contributed by atoms with Crippen molar-refractivity contribution in [3.8, 4) is 0 Å². The number of phosphoric acid groups is 1. The van der Waals surface area contributed by atoms with Gasteiger partial charge in [0.05, 0.1) is 39.9 Å². The maximum atomic E-state index is 12.9. The topological polar surface area (TPSA) is 105 Å². The first kappa shape index (κ1) is 60.9. The van der Waals surface area contributed by atoms with Crippen LogP contribution in [0.3, 0.4) is 0 Å². The van der Waals surface area contributed by atoms with E-state index in [2.05, 4.69) is 79.9 Å². The molecule has 0 aliphatic carbocycles. The summed E-state index contributed by atoms with van der Waals surface area (Å²) in [4.78, 5) is 23.2. The Kier molecular flexibility index (Phi) is 43.6. The van der Waals surface area contributed by atoms with Gasteiger partial charge < -0.3 is 19.8 Å². The molecule has 0 rings (SSSR count). The number of allylic oxidation sites excluding steroid dienone is 11. The predicted octanol–water partition coefficient (Wildman–Crippen LogP) is 15.1. The predicted molar refractivity (Wildman–Crippen MR) is 272 cm³/mol. The van der Waals surface area contributed by atoms with Gasteiger partial charge in [0.25, 0.3) is 0 Å². The Labute approximate surface area is 389 Å². The first-order valence-corrected chi connectivity index (χ1v) is 27.3. The Hall–Kier alpha value is -2.06. The van der Waals surface area contributed by atoms with Gasteiger partial charge in [-0.3, -0.25) is 13.8 Å². The van der Waals surface area contributed by atoms with Crippen molar-refractivity contribution in [2.24, 2.45) is 0 Å². The fraction of sp³-hybridized carbons (Fsp3) is 0.759. The van der Waals surface area contributed by atoms with Gasteiger partial charge in [-0.25, -0.2) is 4.57 Å². The molecule has 0 aromatic heterocycles. The van der Waals surface area contributed by atoms with E-state index >= 15 is 0 Å². The van der Waals surface area contributed by atoms with Crippen LogP contribution in [0.5, 0.6) is 0 Å². The standard InChI is InChI=1S/C54H99N2O6P/c1-6-8-10-12-14-16-18-20-22-24-25-26-27-28-29-30-31-32-34-36-38-40-42-44-46-48-54(58)55-52(51-62-63(59,60)61-50-49-56(3,4)5)53(57)47-45-43-41-39-37-35-33-23-21-19-17-15-13-11-9-7-2/h8,10,14,16,20,22,25-26,28-29,45,47,52-53,57H,6-7,9,11-13,15,17-19,21,23-24,27,30-44,46,48-51H2,1-5H3,(H-,55,58,59,60)/p+1/b10-8-,16-14-,22-20-,26-25-,29-28-,47-45+. The lowest BCUT2D eigenvalue weighted by Gasteiger charge is -2.25. The zero-order valence-electron chi connectivity index (χ0n) is 41.5. The summed E-state index contributed by atoms with van der Waals surface area (Å²) >= 11 is 0. The van der Waals surface area contributed by atoms with Gasteiger partial charge >= 0.3 is 7.82 Å². The highest BCUT2D eigenvalue weighted by Crippen LogP contribution is 2.43. The highest BCUT2D eigenvalue weighted by Gasteiger charge is 2.27. The summed E-state index contributed by atoms with van der Waals surface area (Å²) in [6, 6.07) is -0.853. The van der Waals surface area contributed by atoms with Crippen LogP contribution in [-0.2, 0) is 18.4 Å². The lowest BCUT2D eigenvalue weighted by molar-refractivity contribution is -0.870. The zero-order valence-corrected chi connectivity index (χ0v) is 42.4. The number of amides is 1. The van der Waals surface area contributed by atoms with Gasteiger partial charge in [-0.15, -0.1) is 0 Å². The maximum Gasteiger partial charge on any atom is 0.472 e. The van der Waals surface area contributed by atoms with E-state index in [0.29, 0.717) is 17.4 Å². The van der Waals surface area contributed by atoms with E-state index < -0.39 is 20.0 Å². The average molecular weight is 904 g/mol. The van der Waals surface area contributed by atoms with Gasteiger partial charge in [0.15, 0.2) is 0 Å². The van der Waals surface area contributed by atoms with Crippen LogP contribution in [0.2, 0.25) is 0 Å². The molecule has 0 fully saturated rings. The second-order valence-corrected chi connectivity index (χ2v) is 20.0. The van der Waals surface area contributed by atoms with E-state index in [1.807, 2.05) is 27.2 Å². The van der Waals surface area contributed by atoms with Crippen LogP contribution in [0.25, 0.3) is 0 Å². The molecule has 3 unspecified atom stereocenters. The Balaban J connectivity index is 4.30. The molecule has 0 saturated heterocycles. The molecular weight excluding hydrogens is 804 g/mol. The van der Waals surface area contributed by atoms with Gasteiger partial charge in [-0.1, -0.05) is 215 Å². The third-order valence-corrected chi connectivity index (χ3v) is 12.2. The third kappa shape index (κ3) is 47.7. The largest absolute Gasteiger partial charge is 0.472 e. The van der Waals surface area contributed by atoms with Gasteiger partial charge in [-0.2, -0.15) is 0 Å². The van der Waals surface area contributed by atoms with E-state index in [0.717, 1.165) is 77.0 Å². The van der Waals surface area contributed by atoms with Crippen LogP contribution in [-0.4, -0.2) is 73.4 Å². The van der Waals surface area contributed by atoms with Gasteiger partial charge in [0.2, 0.25) is 5.91 Å². The number of hydrogen-bond acceptors (Lipinski definition) is 5. The van der Waals surface area contributed by atoms with Crippen LogP contribution in [0.4, 0.5) is 0 Å². The van der Waals surface area contributed by atoms with E-state index in [4.69, 9.17) is 9.05 Å². The van der Waals surface area contributed by atoms with Crippen LogP contribution in [0, 0.1) is 0 Å². The van der Waals surface area contributed by atoms with Crippen LogP contribution < -0.4 is 5.32 Å². The Bertz CT molecular complexity index is 1250. The summed E-state index contributed by atoms with van der Waals surface area (Å²) in [7, 11) is 1.56. The second kappa shape index (κ2) is 45.1. The van der Waals surface area contributed by atoms with Crippen molar-refractivity contribution in [2.45, 2.75) is 225 Å². The molecule has 0 spiro atoms. The molecule has 0 aliphatic rings. The molecule has 3 N–H and O–H groups in total. The van der Waals surface area contributed by atoms with Crippen molar-refractivity contribution >= 4 is 13.7 Å². The summed E-state index contributed by atoms with van der Waals surface area (Å²) in [5.74, 6) is -0.186. The van der Waals surface area contributed by atoms with Crippen LogP contribution in [0.1, 0.15) is 213 Å². The quantitative estimate of drug-likeness (QED) is 0.0243. The Morgan fingerprint density at radius 3 is 1.40 bits per heavy atom. The summed E-state index contributed by atoms with van der Waals surface area (Å²) in [6.07, 6.45) is 61.2. The lowest BCUT2D eigenvalue weighted by atomic mass is 10.0. The fourth-order valence-electron chi connectivity index (χ4n) is 7.13. The third-order valence-electron chi connectivity index (χ3n) is 11.2. The molecule has 0 saturated carbocycles. The van der Waals surface area contributed by atoms with Crippen LogP contribution in [0.15, 0.2) is 72.9 Å². The minimum absolute atomic E-state index is 0.0573. The van der Waals surface area contributed by atoms with Crippen LogP contribution >= 0.6 is 7.82 Å². The Morgan fingerprint density at radius 2 is 0.952 bits per heavy atom. The molecule has 3 atom stereocenters. The summed E-state index contributed by atoms with van der Waals surface area (Å²) in [5.41, 5.74) is 0. The maximum absolute atomic E-state index is 12.9. The molecule has 0 aromatic carbocycles. The number of quaternary nitrogens is 1. The molecule has 63 heavy (non-hydrogen) atoms. The van der Waals surface area contributed by atoms with Crippen molar-refractivity contribution in [2.75, 3.05) is 40.9 Å². The summed E-state index contributed by atoms with van der Waals surface area (Å²) in [6.45, 7) is 4.70. The van der Waals surface area contributed by atoms with Crippen molar-refractivity contribution in [1.29, 1.82) is 0 Å². The number of aliphatic hydroxyl groups is 1. The molecule has 1 amide bonds. The average Bonchev–Trinajstić information content (AvgIpc) is 3.24. The molecule has 0 bridgehead atoms. The molecule has 9 heteroatoms. The van der Waals surface area contributed by atoms with E-state index in [1.165, 1.54) is 116 Å². The van der Waals surface area contributed by atoms with E-state index in [-0.39, 0.29) is 19.1 Å². The number of aliphatic hydroxyl groups excluding tert-OH is 1. The number of nitrogens with zero attached hydrogens (tertiary/aromatic N) is 1. The van der Waals surface area contributed by atoms with Crippen molar-refractivity contribution in [1.82, 2.24) is 5.32 Å². The Morgan fingerprint density at radius 1 is 0.556 bits per heavy atom. The summed E-state index contributed by atoms with van der Waals surface area (Å²) in [5, 5.41) is 13.9. The molecule has 8 nitrogen and oxygen atoms in total. The molecule has 0 radical (unpaired) electrons. The number of likely N-dealkylation sites (N-methyl/N-ethyl adjacent to an activating group) is 1. The van der Waals surface area contributed by atoms with Crippen molar-refractivity contribution < 1.29 is 32.9 Å². The zero-order chi connectivity index (χ0) is 46.4. The van der Waals surface area contributed by atoms with Gasteiger partial charge in [0, 0.05) is 6.42 Å².